The Balaban J connectivity index is 3.49. The Kier molecular flexibility index (Phi) is 6.45. The molecule has 4 heteroatoms. The maximum Gasteiger partial charge on any atom is 0.0897 e. The van der Waals surface area contributed by atoms with Gasteiger partial charge in [0, 0.05) is 13.1 Å². The quantitative estimate of drug-likeness (QED) is 0.453. The van der Waals surface area contributed by atoms with E-state index >= 15 is 0 Å². The summed E-state index contributed by atoms with van der Waals surface area (Å²) in [5.74, 6) is 0. The molecule has 11 heavy (non-hydrogen) atoms. The van der Waals surface area contributed by atoms with Gasteiger partial charge in [0.1, 0.15) is 0 Å². The van der Waals surface area contributed by atoms with Crippen LogP contribution in [0.1, 0.15) is 6.92 Å². The average molecular weight is 163 g/mol. The molecule has 0 aliphatic rings. The number of likely N-dealkylation sites (N-methyl/N-ethyl adjacent to an activating group) is 1. The Bertz CT molecular complexity index is 89.8. The molecular weight excluding hydrogens is 146 g/mol. The van der Waals surface area contributed by atoms with Gasteiger partial charge in [0.25, 0.3) is 0 Å². The zero-order valence-electron chi connectivity index (χ0n) is 6.90. The van der Waals surface area contributed by atoms with Crippen LogP contribution in [0, 0.1) is 0 Å². The van der Waals surface area contributed by atoms with Crippen molar-refractivity contribution >= 4 is 0 Å². The predicted molar refractivity (Wildman–Crippen MR) is 42.3 cm³/mol. The van der Waals surface area contributed by atoms with Crippen molar-refractivity contribution in [3.8, 4) is 0 Å². The molecule has 0 aliphatic carbocycles. The second-order valence-electron chi connectivity index (χ2n) is 2.45. The highest BCUT2D eigenvalue weighted by atomic mass is 16.3. The van der Waals surface area contributed by atoms with Gasteiger partial charge in [-0.05, 0) is 6.54 Å². The van der Waals surface area contributed by atoms with Crippen molar-refractivity contribution in [1.82, 2.24) is 4.90 Å². The van der Waals surface area contributed by atoms with Crippen LogP contribution in [0.25, 0.3) is 0 Å². The summed E-state index contributed by atoms with van der Waals surface area (Å²) in [5, 5.41) is 26.1. The molecule has 0 aromatic heterocycles. The van der Waals surface area contributed by atoms with Crippen molar-refractivity contribution in [1.29, 1.82) is 0 Å². The van der Waals surface area contributed by atoms with Gasteiger partial charge in [0.15, 0.2) is 0 Å². The van der Waals surface area contributed by atoms with Crippen LogP contribution in [0.15, 0.2) is 0 Å². The first-order chi connectivity index (χ1) is 5.24. The van der Waals surface area contributed by atoms with Gasteiger partial charge in [-0.3, -0.25) is 4.90 Å². The van der Waals surface area contributed by atoms with Crippen LogP contribution in [0.5, 0.6) is 0 Å². The monoisotopic (exact) mass is 163 g/mol. The summed E-state index contributed by atoms with van der Waals surface area (Å²) in [4.78, 5) is 1.88. The summed E-state index contributed by atoms with van der Waals surface area (Å²) in [6.45, 7) is 3.56. The Labute approximate surface area is 67.1 Å². The maximum absolute atomic E-state index is 9.01. The minimum absolute atomic E-state index is 0.0893. The molecule has 1 unspecified atom stereocenters. The van der Waals surface area contributed by atoms with Crippen LogP contribution in [0.3, 0.4) is 0 Å². The number of nitrogens with zero attached hydrogens (tertiary/aromatic N) is 1. The first-order valence-corrected chi connectivity index (χ1v) is 3.86. The summed E-state index contributed by atoms with van der Waals surface area (Å²) < 4.78 is 0. The molecule has 0 saturated carbocycles. The minimum atomic E-state index is -0.693. The Morgan fingerprint density at radius 1 is 1.36 bits per heavy atom. The first-order valence-electron chi connectivity index (χ1n) is 3.86. The van der Waals surface area contributed by atoms with Gasteiger partial charge in [0.2, 0.25) is 0 Å². The smallest absolute Gasteiger partial charge is 0.0897 e. The van der Waals surface area contributed by atoms with Gasteiger partial charge in [-0.1, -0.05) is 6.92 Å². The number of rotatable bonds is 6. The van der Waals surface area contributed by atoms with Crippen molar-refractivity contribution in [2.45, 2.75) is 13.0 Å². The molecule has 0 spiro atoms. The number of hydrogen-bond acceptors (Lipinski definition) is 4. The van der Waals surface area contributed by atoms with Gasteiger partial charge in [-0.15, -0.1) is 0 Å². The molecular formula is C7H17NO3. The van der Waals surface area contributed by atoms with Gasteiger partial charge in [0.05, 0.1) is 19.3 Å². The van der Waals surface area contributed by atoms with E-state index in [0.717, 1.165) is 6.54 Å². The van der Waals surface area contributed by atoms with E-state index in [1.54, 1.807) is 0 Å². The Morgan fingerprint density at radius 3 is 2.36 bits per heavy atom. The number of hydrogen-bond donors (Lipinski definition) is 3. The van der Waals surface area contributed by atoms with Crippen molar-refractivity contribution in [2.75, 3.05) is 32.8 Å². The molecule has 0 aromatic rings. The van der Waals surface area contributed by atoms with E-state index < -0.39 is 6.10 Å². The lowest BCUT2D eigenvalue weighted by atomic mass is 10.3. The largest absolute Gasteiger partial charge is 0.395 e. The Morgan fingerprint density at radius 2 is 2.00 bits per heavy atom. The van der Waals surface area contributed by atoms with E-state index in [1.165, 1.54) is 0 Å². The highest BCUT2D eigenvalue weighted by Crippen LogP contribution is 1.90. The average Bonchev–Trinajstić information content (AvgIpc) is 2.03. The zero-order chi connectivity index (χ0) is 8.69. The van der Waals surface area contributed by atoms with Crippen LogP contribution >= 0.6 is 0 Å². The lowest BCUT2D eigenvalue weighted by Gasteiger charge is -2.21. The molecule has 0 rings (SSSR count). The summed E-state index contributed by atoms with van der Waals surface area (Å²) in [5.41, 5.74) is 0. The topological polar surface area (TPSA) is 63.9 Å². The van der Waals surface area contributed by atoms with Gasteiger partial charge in [-0.2, -0.15) is 0 Å². The SMILES string of the molecule is CCN(CCO)CC(O)CO. The van der Waals surface area contributed by atoms with E-state index in [1.807, 2.05) is 11.8 Å². The molecule has 0 bridgehead atoms. The highest BCUT2D eigenvalue weighted by molar-refractivity contribution is 4.61. The summed E-state index contributed by atoms with van der Waals surface area (Å²) in [6, 6.07) is 0. The molecule has 0 fully saturated rings. The van der Waals surface area contributed by atoms with Crippen molar-refractivity contribution in [3.63, 3.8) is 0 Å². The van der Waals surface area contributed by atoms with Crippen LogP contribution in [0.4, 0.5) is 0 Å². The van der Waals surface area contributed by atoms with E-state index in [0.29, 0.717) is 13.1 Å². The Hall–Kier alpha value is -0.160. The summed E-state index contributed by atoms with van der Waals surface area (Å²) in [6.07, 6.45) is -0.693. The molecule has 0 aliphatic heterocycles. The zero-order valence-corrected chi connectivity index (χ0v) is 6.90. The van der Waals surface area contributed by atoms with Crippen molar-refractivity contribution in [3.05, 3.63) is 0 Å². The van der Waals surface area contributed by atoms with E-state index in [-0.39, 0.29) is 13.2 Å². The number of aliphatic hydroxyl groups is 3. The maximum atomic E-state index is 9.01. The second-order valence-corrected chi connectivity index (χ2v) is 2.45. The molecule has 0 amide bonds. The summed E-state index contributed by atoms with van der Waals surface area (Å²) >= 11 is 0. The summed E-state index contributed by atoms with van der Waals surface area (Å²) in [7, 11) is 0. The van der Waals surface area contributed by atoms with Crippen LogP contribution in [-0.2, 0) is 0 Å². The van der Waals surface area contributed by atoms with E-state index in [9.17, 15) is 0 Å². The molecule has 68 valence electrons. The molecule has 0 heterocycles. The fourth-order valence-electron chi connectivity index (χ4n) is 0.876. The van der Waals surface area contributed by atoms with Crippen molar-refractivity contribution < 1.29 is 15.3 Å². The first kappa shape index (κ1) is 10.8. The van der Waals surface area contributed by atoms with Crippen molar-refractivity contribution in [2.24, 2.45) is 0 Å². The van der Waals surface area contributed by atoms with Gasteiger partial charge >= 0.3 is 0 Å². The third-order valence-corrected chi connectivity index (χ3v) is 1.54. The lowest BCUT2D eigenvalue weighted by Crippen LogP contribution is -2.35. The van der Waals surface area contributed by atoms with E-state index in [2.05, 4.69) is 0 Å². The van der Waals surface area contributed by atoms with E-state index in [4.69, 9.17) is 15.3 Å². The third kappa shape index (κ3) is 5.15. The molecule has 4 nitrogen and oxygen atoms in total. The van der Waals surface area contributed by atoms with Crippen LogP contribution in [-0.4, -0.2) is 59.2 Å². The van der Waals surface area contributed by atoms with Gasteiger partial charge in [-0.25, -0.2) is 0 Å². The fourth-order valence-corrected chi connectivity index (χ4v) is 0.876. The standard InChI is InChI=1S/C7H17NO3/c1-2-8(3-4-9)5-7(11)6-10/h7,9-11H,2-6H2,1H3. The molecule has 0 radical (unpaired) electrons. The second kappa shape index (κ2) is 6.54. The number of aliphatic hydroxyl groups excluding tert-OH is 3. The predicted octanol–water partition coefficient (Wildman–Crippen LogP) is -1.35. The lowest BCUT2D eigenvalue weighted by molar-refractivity contribution is 0.0554. The third-order valence-electron chi connectivity index (χ3n) is 1.54. The van der Waals surface area contributed by atoms with Crippen LogP contribution < -0.4 is 0 Å². The molecule has 0 saturated heterocycles. The normalized spacial score (nSPS) is 13.9. The molecule has 3 N–H and O–H groups in total. The van der Waals surface area contributed by atoms with Crippen LogP contribution in [0.2, 0.25) is 0 Å². The minimum Gasteiger partial charge on any atom is -0.395 e. The molecule has 1 atom stereocenters. The van der Waals surface area contributed by atoms with Gasteiger partial charge < -0.3 is 15.3 Å². The molecule has 0 aromatic carbocycles. The fraction of sp³-hybridized carbons (Fsp3) is 1.00. The highest BCUT2D eigenvalue weighted by Gasteiger charge is 2.07.